The average Bonchev–Trinajstić information content (AvgIpc) is 3.58. The summed E-state index contributed by atoms with van der Waals surface area (Å²) in [5.74, 6) is 0.789. The lowest BCUT2D eigenvalue weighted by Gasteiger charge is -2.40. The predicted octanol–water partition coefficient (Wildman–Crippen LogP) is 5.41. The smallest absolute Gasteiger partial charge is 0.217 e. The molecule has 0 radical (unpaired) electrons. The van der Waals surface area contributed by atoms with E-state index in [0.717, 1.165) is 12.3 Å². The summed E-state index contributed by atoms with van der Waals surface area (Å²) in [6, 6.07) is 65.5. The summed E-state index contributed by atoms with van der Waals surface area (Å²) < 4.78 is 6.70. The Morgan fingerprint density at radius 3 is 1.46 bits per heavy atom. The minimum absolute atomic E-state index is 0.0430. The zero-order valence-corrected chi connectivity index (χ0v) is 30.8. The SMILES string of the molecule is C1=CC2Oc3ncc([Si](c4ccccc4)(c4ccccc4)c4ccccc4)cc3C2C=C1[Si](c1ccccc1)(c1ccccc1)c1ccc2cc1C2. The third-order valence-corrected chi connectivity index (χ3v) is 21.2. The predicted molar refractivity (Wildman–Crippen MR) is 219 cm³/mol. The number of allylic oxidation sites excluding steroid dienone is 2. The Morgan fingerprint density at radius 1 is 0.519 bits per heavy atom. The van der Waals surface area contributed by atoms with Crippen LogP contribution in [0.25, 0.3) is 0 Å². The van der Waals surface area contributed by atoms with Crippen LogP contribution in [-0.2, 0) is 6.42 Å². The van der Waals surface area contributed by atoms with E-state index in [2.05, 4.69) is 200 Å². The molecule has 248 valence electrons. The molecule has 0 amide bonds. The van der Waals surface area contributed by atoms with Crippen molar-refractivity contribution in [3.63, 3.8) is 0 Å². The highest BCUT2D eigenvalue weighted by atomic mass is 28.3. The molecule has 0 saturated carbocycles. The van der Waals surface area contributed by atoms with Gasteiger partial charge in [-0.3, -0.25) is 0 Å². The lowest BCUT2D eigenvalue weighted by molar-refractivity contribution is 0.260. The van der Waals surface area contributed by atoms with Gasteiger partial charge in [-0.25, -0.2) is 4.98 Å². The third-order valence-electron chi connectivity index (χ3n) is 11.5. The van der Waals surface area contributed by atoms with Gasteiger partial charge < -0.3 is 4.74 Å². The van der Waals surface area contributed by atoms with Gasteiger partial charge in [0.1, 0.15) is 6.10 Å². The average molecular weight is 700 g/mol. The van der Waals surface area contributed by atoms with Gasteiger partial charge in [0.2, 0.25) is 5.88 Å². The van der Waals surface area contributed by atoms with Gasteiger partial charge >= 0.3 is 0 Å². The fourth-order valence-electron chi connectivity index (χ4n) is 9.20. The first-order valence-corrected chi connectivity index (χ1v) is 22.2. The fraction of sp³-hybridized carbons (Fsp3) is 0.0625. The summed E-state index contributed by atoms with van der Waals surface area (Å²) in [5, 5.41) is 11.0. The maximum Gasteiger partial charge on any atom is 0.217 e. The van der Waals surface area contributed by atoms with Crippen molar-refractivity contribution in [2.24, 2.45) is 0 Å². The lowest BCUT2D eigenvalue weighted by Crippen LogP contribution is -2.74. The van der Waals surface area contributed by atoms with Crippen LogP contribution in [0, 0.1) is 0 Å². The molecule has 6 aromatic carbocycles. The number of rotatable bonds is 8. The molecular formula is C48H37NOSi2. The molecule has 0 spiro atoms. The van der Waals surface area contributed by atoms with Gasteiger partial charge in [-0.15, -0.1) is 0 Å². The second kappa shape index (κ2) is 12.4. The summed E-state index contributed by atoms with van der Waals surface area (Å²) in [7, 11) is -5.47. The van der Waals surface area contributed by atoms with Crippen LogP contribution in [0.5, 0.6) is 5.88 Å². The highest BCUT2D eigenvalue weighted by molar-refractivity contribution is 7.20. The van der Waals surface area contributed by atoms with E-state index in [1.54, 1.807) is 0 Å². The summed E-state index contributed by atoms with van der Waals surface area (Å²) in [5.41, 5.74) is 4.08. The summed E-state index contributed by atoms with van der Waals surface area (Å²) >= 11 is 0. The van der Waals surface area contributed by atoms with Crippen LogP contribution in [0.3, 0.4) is 0 Å². The number of pyridine rings is 1. The van der Waals surface area contributed by atoms with Crippen molar-refractivity contribution in [3.8, 4) is 5.88 Å². The first-order chi connectivity index (χ1) is 25.8. The zero-order valence-electron chi connectivity index (χ0n) is 28.8. The van der Waals surface area contributed by atoms with Crippen LogP contribution in [0.4, 0.5) is 0 Å². The number of fused-ring (bicyclic) bond motifs is 5. The molecule has 52 heavy (non-hydrogen) atoms. The quantitative estimate of drug-likeness (QED) is 0.156. The van der Waals surface area contributed by atoms with Crippen molar-refractivity contribution >= 4 is 52.5 Å². The van der Waals surface area contributed by atoms with Crippen LogP contribution in [0.15, 0.2) is 206 Å². The Labute approximate surface area is 307 Å². The number of hydrogen-bond donors (Lipinski definition) is 0. The minimum Gasteiger partial charge on any atom is -0.469 e. The first-order valence-electron chi connectivity index (χ1n) is 18.2. The van der Waals surface area contributed by atoms with E-state index >= 15 is 0 Å². The van der Waals surface area contributed by atoms with Crippen LogP contribution < -0.4 is 41.0 Å². The van der Waals surface area contributed by atoms with Crippen LogP contribution in [-0.4, -0.2) is 27.2 Å². The van der Waals surface area contributed by atoms with Crippen LogP contribution in [0.1, 0.15) is 22.6 Å². The summed E-state index contributed by atoms with van der Waals surface area (Å²) in [4.78, 5) is 5.17. The highest BCUT2D eigenvalue weighted by Gasteiger charge is 2.48. The fourth-order valence-corrected chi connectivity index (χ4v) is 19.0. The van der Waals surface area contributed by atoms with Gasteiger partial charge in [0.05, 0.1) is 0 Å². The van der Waals surface area contributed by atoms with E-state index in [-0.39, 0.29) is 12.0 Å². The summed E-state index contributed by atoms with van der Waals surface area (Å²) in [6.07, 6.45) is 10.3. The van der Waals surface area contributed by atoms with Gasteiger partial charge in [0.15, 0.2) is 16.1 Å². The van der Waals surface area contributed by atoms with E-state index in [9.17, 15) is 0 Å². The summed E-state index contributed by atoms with van der Waals surface area (Å²) in [6.45, 7) is 0. The van der Waals surface area contributed by atoms with E-state index in [1.165, 1.54) is 58.2 Å². The molecule has 0 fully saturated rings. The van der Waals surface area contributed by atoms with Gasteiger partial charge in [0.25, 0.3) is 0 Å². The largest absolute Gasteiger partial charge is 0.469 e. The lowest BCUT2D eigenvalue weighted by atomic mass is 9.93. The monoisotopic (exact) mass is 699 g/mol. The van der Waals surface area contributed by atoms with Crippen molar-refractivity contribution in [2.75, 3.05) is 0 Å². The van der Waals surface area contributed by atoms with Crippen molar-refractivity contribution in [3.05, 3.63) is 222 Å². The Balaban J connectivity index is 1.20. The molecule has 1 aliphatic heterocycles. The van der Waals surface area contributed by atoms with Gasteiger partial charge in [0, 0.05) is 17.7 Å². The van der Waals surface area contributed by atoms with E-state index in [1.807, 2.05) is 0 Å². The normalized spacial score (nSPS) is 17.0. The maximum atomic E-state index is 6.70. The van der Waals surface area contributed by atoms with Crippen LogP contribution in [0.2, 0.25) is 0 Å². The maximum absolute atomic E-state index is 6.70. The zero-order chi connectivity index (χ0) is 34.5. The molecule has 0 N–H and O–H groups in total. The standard InChI is InChI=1S/C48H37NOSi2/c1-6-16-37(17-7-1)51(38-18-8-2-9-19-38,39-20-10-3-11-21-39)43-33-45-44-32-42(27-28-46(44)50-48(45)49-34-43)52(40-22-12-4-13-23-40,41-24-14-5-15-25-41)47-29-26-35-30-36(47)31-35/h1-30,32-34,44,46H,31H2. The molecule has 7 aromatic rings. The molecule has 3 aliphatic carbocycles. The third kappa shape index (κ3) is 4.65. The molecule has 4 aliphatic rings. The topological polar surface area (TPSA) is 22.1 Å². The molecule has 11 rings (SSSR count). The second-order valence-corrected chi connectivity index (χ2v) is 21.8. The van der Waals surface area contributed by atoms with Crippen molar-refractivity contribution in [2.45, 2.75) is 18.4 Å². The van der Waals surface area contributed by atoms with Gasteiger partial charge in [-0.05, 0) is 65.1 Å². The molecular weight excluding hydrogens is 663 g/mol. The highest BCUT2D eigenvalue weighted by Crippen LogP contribution is 2.42. The molecule has 2 unspecified atom stereocenters. The van der Waals surface area contributed by atoms with Crippen LogP contribution >= 0.6 is 0 Å². The van der Waals surface area contributed by atoms with E-state index in [4.69, 9.17) is 9.72 Å². The molecule has 2 atom stereocenters. The van der Waals surface area contributed by atoms with Gasteiger partial charge in [-0.1, -0.05) is 188 Å². The molecule has 4 heteroatoms. The molecule has 2 heterocycles. The van der Waals surface area contributed by atoms with E-state index in [0.29, 0.717) is 0 Å². The first kappa shape index (κ1) is 31.0. The number of ether oxygens (including phenoxy) is 1. The molecule has 2 bridgehead atoms. The Bertz CT molecular complexity index is 2320. The minimum atomic E-state index is -2.76. The van der Waals surface area contributed by atoms with Crippen molar-refractivity contribution in [1.29, 1.82) is 0 Å². The Kier molecular flexibility index (Phi) is 7.41. The number of benzene rings is 6. The number of aromatic nitrogens is 1. The second-order valence-electron chi connectivity index (χ2n) is 14.2. The number of nitrogens with zero attached hydrogens (tertiary/aromatic N) is 1. The Hall–Kier alpha value is -5.82. The molecule has 2 nitrogen and oxygen atoms in total. The van der Waals surface area contributed by atoms with Crippen molar-refractivity contribution in [1.82, 2.24) is 4.98 Å². The Morgan fingerprint density at radius 2 is 1.00 bits per heavy atom. The van der Waals surface area contributed by atoms with Gasteiger partial charge in [-0.2, -0.15) is 0 Å². The van der Waals surface area contributed by atoms with Crippen molar-refractivity contribution < 1.29 is 4.74 Å². The molecule has 0 saturated heterocycles. The number of hydrogen-bond acceptors (Lipinski definition) is 2. The van der Waals surface area contributed by atoms with E-state index < -0.39 is 16.1 Å². The molecule has 1 aromatic heterocycles.